The molecule has 42 heavy (non-hydrogen) atoms. The van der Waals surface area contributed by atoms with Gasteiger partial charge in [-0.3, -0.25) is 19.3 Å². The summed E-state index contributed by atoms with van der Waals surface area (Å²) in [6.45, 7) is 14.1. The first kappa shape index (κ1) is 32.4. The fraction of sp³-hybridized carbons (Fsp3) is 0.613. The van der Waals surface area contributed by atoms with Crippen LogP contribution in [0.2, 0.25) is 0 Å². The van der Waals surface area contributed by atoms with Crippen LogP contribution in [0, 0.1) is 5.92 Å². The van der Waals surface area contributed by atoms with Crippen LogP contribution in [0.4, 0.5) is 0 Å². The summed E-state index contributed by atoms with van der Waals surface area (Å²) in [4.78, 5) is 46.2. The van der Waals surface area contributed by atoms with Gasteiger partial charge in [-0.1, -0.05) is 33.4 Å². The van der Waals surface area contributed by atoms with Crippen molar-refractivity contribution in [1.29, 1.82) is 0 Å². The van der Waals surface area contributed by atoms with Crippen molar-refractivity contribution in [1.82, 2.24) is 25.8 Å². The zero-order chi connectivity index (χ0) is 30.1. The van der Waals surface area contributed by atoms with Gasteiger partial charge in [0.25, 0.3) is 0 Å². The van der Waals surface area contributed by atoms with Gasteiger partial charge in [-0.15, -0.1) is 11.3 Å². The third-order valence-corrected chi connectivity index (χ3v) is 9.94. The molecule has 2 fully saturated rings. The number of carbonyl (C=O) groups excluding carboxylic acids is 3. The Morgan fingerprint density at radius 2 is 1.88 bits per heavy atom. The van der Waals surface area contributed by atoms with Crippen LogP contribution in [0.1, 0.15) is 56.5 Å². The van der Waals surface area contributed by atoms with Gasteiger partial charge in [-0.25, -0.2) is 4.98 Å². The highest BCUT2D eigenvalue weighted by molar-refractivity contribution is 7.99. The van der Waals surface area contributed by atoms with Gasteiger partial charge in [-0.2, -0.15) is 11.8 Å². The van der Waals surface area contributed by atoms with Crippen molar-refractivity contribution in [3.05, 3.63) is 40.9 Å². The average Bonchev–Trinajstić information content (AvgIpc) is 3.41. The van der Waals surface area contributed by atoms with Crippen LogP contribution in [0.15, 0.2) is 30.4 Å². The van der Waals surface area contributed by atoms with Gasteiger partial charge in [0.1, 0.15) is 6.04 Å². The van der Waals surface area contributed by atoms with Gasteiger partial charge in [-0.05, 0) is 42.4 Å². The second kappa shape index (κ2) is 15.8. The fourth-order valence-electron chi connectivity index (χ4n) is 5.28. The summed E-state index contributed by atoms with van der Waals surface area (Å²) in [6.07, 6.45) is 2.15. The van der Waals surface area contributed by atoms with E-state index in [0.29, 0.717) is 37.7 Å². The Balaban J connectivity index is 1.44. The Labute approximate surface area is 257 Å². The zero-order valence-corrected chi connectivity index (χ0v) is 26.7. The Morgan fingerprint density at radius 3 is 2.57 bits per heavy atom. The third kappa shape index (κ3) is 9.26. The highest BCUT2D eigenvalue weighted by atomic mass is 32.2. The molecule has 2 aliphatic rings. The van der Waals surface area contributed by atoms with E-state index in [0.717, 1.165) is 52.7 Å². The zero-order valence-electron chi connectivity index (χ0n) is 25.1. The van der Waals surface area contributed by atoms with Crippen LogP contribution in [-0.4, -0.2) is 90.6 Å². The number of rotatable bonds is 13. The molecule has 11 heteroatoms. The quantitative estimate of drug-likeness (QED) is 0.296. The topological polar surface area (TPSA) is 113 Å². The van der Waals surface area contributed by atoms with Crippen molar-refractivity contribution in [2.45, 2.75) is 64.5 Å². The summed E-state index contributed by atoms with van der Waals surface area (Å²) in [5, 5.41) is 9.91. The molecule has 2 atom stereocenters. The number of benzene rings is 1. The normalized spacial score (nSPS) is 18.0. The minimum Gasteiger partial charge on any atom is -0.381 e. The number of fused-ring (bicyclic) bond motifs is 1. The molecule has 1 aromatic carbocycles. The van der Waals surface area contributed by atoms with E-state index in [4.69, 9.17) is 9.72 Å². The van der Waals surface area contributed by atoms with Crippen LogP contribution >= 0.6 is 23.1 Å². The summed E-state index contributed by atoms with van der Waals surface area (Å²) < 4.78 is 6.64. The Bertz CT molecular complexity index is 1240. The Kier molecular flexibility index (Phi) is 12.2. The first-order chi connectivity index (χ1) is 20.2. The molecule has 0 spiro atoms. The Hall–Kier alpha value is -2.47. The summed E-state index contributed by atoms with van der Waals surface area (Å²) in [7, 11) is 0. The summed E-state index contributed by atoms with van der Waals surface area (Å²) in [5.74, 6) is 2.04. The van der Waals surface area contributed by atoms with Gasteiger partial charge < -0.3 is 20.7 Å². The summed E-state index contributed by atoms with van der Waals surface area (Å²) in [5.41, 5.74) is 2.67. The van der Waals surface area contributed by atoms with Gasteiger partial charge in [0, 0.05) is 75.4 Å². The molecule has 0 bridgehead atoms. The van der Waals surface area contributed by atoms with Crippen LogP contribution in [0.5, 0.6) is 0 Å². The molecule has 0 radical (unpaired) electrons. The maximum absolute atomic E-state index is 13.7. The molecular formula is C31H45N5O4S2. The molecule has 230 valence electrons. The number of hydrogen-bond acceptors (Lipinski definition) is 8. The molecular weight excluding hydrogens is 571 g/mol. The molecule has 2 aliphatic heterocycles. The van der Waals surface area contributed by atoms with Crippen molar-refractivity contribution in [3.63, 3.8) is 0 Å². The van der Waals surface area contributed by atoms with Crippen molar-refractivity contribution in [2.75, 3.05) is 50.9 Å². The summed E-state index contributed by atoms with van der Waals surface area (Å²) >= 11 is 3.48. The molecule has 0 unspecified atom stereocenters. The SMILES string of the molecule is C=C(CN1CCSCC1)C(=O)NC[C@@H](NC(=O)[C@H](Cc1nc2ccc(C(C)C)cc2s1)NC(=O)CC)C1CCOCC1. The number of ether oxygens (including phenoxy) is 1. The first-order valence-electron chi connectivity index (χ1n) is 15.1. The number of aromatic nitrogens is 1. The monoisotopic (exact) mass is 615 g/mol. The van der Waals surface area contributed by atoms with E-state index in [9.17, 15) is 14.4 Å². The van der Waals surface area contributed by atoms with Crippen molar-refractivity contribution in [3.8, 4) is 0 Å². The second-order valence-electron chi connectivity index (χ2n) is 11.4. The maximum atomic E-state index is 13.7. The number of thiazole rings is 1. The molecule has 3 heterocycles. The average molecular weight is 616 g/mol. The third-order valence-electron chi connectivity index (χ3n) is 7.96. The van der Waals surface area contributed by atoms with Gasteiger partial charge in [0.2, 0.25) is 17.7 Å². The first-order valence-corrected chi connectivity index (χ1v) is 17.0. The molecule has 4 rings (SSSR count). The number of nitrogens with one attached hydrogen (secondary N) is 3. The summed E-state index contributed by atoms with van der Waals surface area (Å²) in [6, 6.07) is 5.20. The van der Waals surface area contributed by atoms with Crippen LogP contribution in [0.25, 0.3) is 10.2 Å². The number of carbonyl (C=O) groups is 3. The van der Waals surface area contributed by atoms with Gasteiger partial charge >= 0.3 is 0 Å². The van der Waals surface area contributed by atoms with Crippen LogP contribution in [-0.2, 0) is 25.5 Å². The highest BCUT2D eigenvalue weighted by Crippen LogP contribution is 2.27. The van der Waals surface area contributed by atoms with Crippen molar-refractivity contribution >= 4 is 51.0 Å². The van der Waals surface area contributed by atoms with E-state index < -0.39 is 6.04 Å². The standard InChI is InChI=1S/C31H45N5O4S2/c1-5-28(37)33-25(17-29-34-24-7-6-23(20(2)3)16-27(24)42-29)31(39)35-26(22-8-12-40-13-9-22)18-32-30(38)21(4)19-36-10-14-41-15-11-36/h6-7,16,20,22,25-26H,4-5,8-15,17-19H2,1-3H3,(H,32,38)(H,33,37)(H,35,39)/t25-,26+/m0/s1. The van der Waals surface area contributed by atoms with Crippen LogP contribution < -0.4 is 16.0 Å². The van der Waals surface area contributed by atoms with Crippen molar-refractivity contribution < 1.29 is 19.1 Å². The van der Waals surface area contributed by atoms with E-state index in [1.165, 1.54) is 5.56 Å². The lowest BCUT2D eigenvalue weighted by Gasteiger charge is -2.32. The number of nitrogens with zero attached hydrogens (tertiary/aromatic N) is 2. The highest BCUT2D eigenvalue weighted by Gasteiger charge is 2.30. The Morgan fingerprint density at radius 1 is 1.14 bits per heavy atom. The second-order valence-corrected chi connectivity index (χ2v) is 13.8. The van der Waals surface area contributed by atoms with E-state index in [1.807, 2.05) is 17.8 Å². The van der Waals surface area contributed by atoms with E-state index >= 15 is 0 Å². The van der Waals surface area contributed by atoms with Gasteiger partial charge in [0.15, 0.2) is 0 Å². The number of hydrogen-bond donors (Lipinski definition) is 3. The predicted molar refractivity (Wildman–Crippen MR) is 171 cm³/mol. The van der Waals surface area contributed by atoms with E-state index in [1.54, 1.807) is 18.3 Å². The number of amides is 3. The lowest BCUT2D eigenvalue weighted by atomic mass is 9.91. The number of thioether (sulfide) groups is 1. The van der Waals surface area contributed by atoms with E-state index in [2.05, 4.69) is 53.4 Å². The predicted octanol–water partition coefficient (Wildman–Crippen LogP) is 3.49. The maximum Gasteiger partial charge on any atom is 0.247 e. The molecule has 0 saturated carbocycles. The largest absolute Gasteiger partial charge is 0.381 e. The molecule has 0 aliphatic carbocycles. The van der Waals surface area contributed by atoms with E-state index in [-0.39, 0.29) is 42.6 Å². The lowest BCUT2D eigenvalue weighted by Crippen LogP contribution is -2.55. The molecule has 2 saturated heterocycles. The molecule has 3 N–H and O–H groups in total. The lowest BCUT2D eigenvalue weighted by molar-refractivity contribution is -0.129. The minimum absolute atomic E-state index is 0.148. The smallest absolute Gasteiger partial charge is 0.247 e. The van der Waals surface area contributed by atoms with Gasteiger partial charge in [0.05, 0.1) is 15.2 Å². The van der Waals surface area contributed by atoms with Crippen LogP contribution in [0.3, 0.4) is 0 Å². The molecule has 3 amide bonds. The van der Waals surface area contributed by atoms with Crippen molar-refractivity contribution in [2.24, 2.45) is 5.92 Å². The molecule has 9 nitrogen and oxygen atoms in total. The fourth-order valence-corrected chi connectivity index (χ4v) is 7.32. The minimum atomic E-state index is -0.771. The molecule has 1 aromatic heterocycles. The molecule has 2 aromatic rings.